The molecule has 2 aromatic carbocycles. The summed E-state index contributed by atoms with van der Waals surface area (Å²) in [5, 5.41) is 2.13. The fraction of sp³-hybridized carbons (Fsp3) is 0.280. The minimum Gasteiger partial charge on any atom is -0.497 e. The molecule has 34 heavy (non-hydrogen) atoms. The Morgan fingerprint density at radius 1 is 1.06 bits per heavy atom. The Morgan fingerprint density at radius 2 is 1.82 bits per heavy atom. The van der Waals surface area contributed by atoms with E-state index in [0.717, 1.165) is 10.0 Å². The van der Waals surface area contributed by atoms with Crippen molar-refractivity contribution in [3.8, 4) is 5.75 Å². The Morgan fingerprint density at radius 3 is 2.50 bits per heavy atom. The van der Waals surface area contributed by atoms with Crippen LogP contribution in [0.15, 0.2) is 54.6 Å². The van der Waals surface area contributed by atoms with Gasteiger partial charge in [0.1, 0.15) is 12.3 Å². The van der Waals surface area contributed by atoms with Crippen molar-refractivity contribution in [2.24, 2.45) is 17.8 Å². The quantitative estimate of drug-likeness (QED) is 0.332. The summed E-state index contributed by atoms with van der Waals surface area (Å²) in [4.78, 5) is 53.4. The number of halogens is 2. The number of carbonyl (C=O) groups excluding carboxylic acids is 4. The van der Waals surface area contributed by atoms with Crippen LogP contribution in [-0.2, 0) is 9.59 Å². The summed E-state index contributed by atoms with van der Waals surface area (Å²) in [6.07, 6.45) is 4.16. The van der Waals surface area contributed by atoms with Crippen LogP contribution in [0.5, 0.6) is 5.75 Å². The van der Waals surface area contributed by atoms with Crippen LogP contribution in [0.2, 0.25) is 10.0 Å². The maximum atomic E-state index is 13.5. The summed E-state index contributed by atoms with van der Waals surface area (Å²) in [6.45, 7) is 1.33. The Kier molecular flexibility index (Phi) is 6.77. The van der Waals surface area contributed by atoms with Gasteiger partial charge in [0, 0.05) is 11.1 Å². The lowest BCUT2D eigenvalue weighted by atomic mass is 9.78. The van der Waals surface area contributed by atoms with Gasteiger partial charge in [-0.1, -0.05) is 54.4 Å². The highest BCUT2D eigenvalue weighted by molar-refractivity contribution is 6.42. The molecule has 1 saturated heterocycles. The molecule has 2 aliphatic rings. The summed E-state index contributed by atoms with van der Waals surface area (Å²) in [5.74, 6) is -3.05. The molecule has 0 radical (unpaired) electrons. The maximum Gasteiger partial charge on any atom is 0.273 e. The monoisotopic (exact) mass is 500 g/mol. The van der Waals surface area contributed by atoms with Gasteiger partial charge >= 0.3 is 0 Å². The number of rotatable bonds is 6. The highest BCUT2D eigenvalue weighted by Crippen LogP contribution is 2.39. The molecule has 1 fully saturated rings. The van der Waals surface area contributed by atoms with E-state index in [1.807, 2.05) is 19.1 Å². The Bertz CT molecular complexity index is 1210. The van der Waals surface area contributed by atoms with E-state index in [9.17, 15) is 19.2 Å². The second kappa shape index (κ2) is 9.60. The van der Waals surface area contributed by atoms with Crippen LogP contribution in [0.4, 0.5) is 0 Å². The van der Waals surface area contributed by atoms with Crippen LogP contribution in [0, 0.1) is 17.8 Å². The van der Waals surface area contributed by atoms with E-state index in [2.05, 4.69) is 0 Å². The van der Waals surface area contributed by atoms with Crippen molar-refractivity contribution in [3.05, 3.63) is 75.8 Å². The summed E-state index contributed by atoms with van der Waals surface area (Å²) in [7, 11) is 1.47. The number of Topliss-reactive ketones (excluding diaryl/α,β-unsaturated/α-hetero) is 1. The molecule has 3 atom stereocenters. The first-order valence-electron chi connectivity index (χ1n) is 10.7. The number of ketones is 1. The molecule has 176 valence electrons. The number of hydrazine groups is 1. The zero-order valence-corrected chi connectivity index (χ0v) is 20.0. The smallest absolute Gasteiger partial charge is 0.273 e. The minimum atomic E-state index is -0.712. The third-order valence-electron chi connectivity index (χ3n) is 6.18. The number of imide groups is 1. The van der Waals surface area contributed by atoms with Crippen molar-refractivity contribution in [1.82, 2.24) is 10.0 Å². The van der Waals surface area contributed by atoms with E-state index >= 15 is 0 Å². The fourth-order valence-corrected chi connectivity index (χ4v) is 4.70. The molecule has 2 aromatic rings. The SMILES string of the molecule is COc1cccc(C(=O)CN(C(=O)c2ccc(Cl)c(Cl)c2)N2C(=O)[C@H]3[C@H](C)C=CC[C@H]3C2=O)c1. The summed E-state index contributed by atoms with van der Waals surface area (Å²) in [5.41, 5.74) is 0.368. The van der Waals surface area contributed by atoms with Gasteiger partial charge in [-0.25, -0.2) is 5.01 Å². The van der Waals surface area contributed by atoms with Gasteiger partial charge in [0.15, 0.2) is 5.78 Å². The second-order valence-corrected chi connectivity index (χ2v) is 9.10. The molecule has 4 rings (SSSR count). The zero-order chi connectivity index (χ0) is 24.6. The first-order valence-corrected chi connectivity index (χ1v) is 11.5. The number of methoxy groups -OCH3 is 1. The van der Waals surface area contributed by atoms with Crippen LogP contribution >= 0.6 is 23.2 Å². The number of fused-ring (bicyclic) bond motifs is 1. The van der Waals surface area contributed by atoms with E-state index in [4.69, 9.17) is 27.9 Å². The van der Waals surface area contributed by atoms with E-state index < -0.39 is 41.9 Å². The van der Waals surface area contributed by atoms with Gasteiger partial charge in [-0.2, -0.15) is 5.01 Å². The van der Waals surface area contributed by atoms with E-state index in [1.54, 1.807) is 18.2 Å². The van der Waals surface area contributed by atoms with E-state index in [0.29, 0.717) is 12.2 Å². The number of hydrogen-bond donors (Lipinski definition) is 0. The van der Waals surface area contributed by atoms with Gasteiger partial charge in [0.2, 0.25) is 0 Å². The number of amides is 3. The first-order chi connectivity index (χ1) is 16.2. The van der Waals surface area contributed by atoms with Crippen molar-refractivity contribution < 1.29 is 23.9 Å². The molecular formula is C25H22Cl2N2O5. The van der Waals surface area contributed by atoms with Gasteiger partial charge in [-0.05, 0) is 42.7 Å². The molecule has 0 aromatic heterocycles. The molecule has 1 aliphatic carbocycles. The van der Waals surface area contributed by atoms with Crippen molar-refractivity contribution in [1.29, 1.82) is 0 Å². The van der Waals surface area contributed by atoms with Crippen molar-refractivity contribution in [2.75, 3.05) is 13.7 Å². The molecule has 9 heteroatoms. The molecule has 0 bridgehead atoms. The van der Waals surface area contributed by atoms with Gasteiger partial charge < -0.3 is 4.74 Å². The number of carbonyl (C=O) groups is 4. The third-order valence-corrected chi connectivity index (χ3v) is 6.92. The fourth-order valence-electron chi connectivity index (χ4n) is 4.40. The average Bonchev–Trinajstić information content (AvgIpc) is 3.09. The lowest BCUT2D eigenvalue weighted by Crippen LogP contribution is -2.52. The van der Waals surface area contributed by atoms with Crippen LogP contribution in [-0.4, -0.2) is 47.2 Å². The van der Waals surface area contributed by atoms with E-state index in [-0.39, 0.29) is 27.1 Å². The molecule has 0 spiro atoms. The van der Waals surface area contributed by atoms with Gasteiger partial charge in [-0.3, -0.25) is 19.2 Å². The second-order valence-electron chi connectivity index (χ2n) is 8.29. The topological polar surface area (TPSA) is 84.0 Å². The number of nitrogens with zero attached hydrogens (tertiary/aromatic N) is 2. The Balaban J connectivity index is 1.72. The predicted octanol–water partition coefficient (Wildman–Crippen LogP) is 4.44. The van der Waals surface area contributed by atoms with Crippen LogP contribution in [0.1, 0.15) is 34.1 Å². The van der Waals surface area contributed by atoms with Crippen LogP contribution in [0.25, 0.3) is 0 Å². The summed E-state index contributed by atoms with van der Waals surface area (Å²) in [6, 6.07) is 10.7. The molecule has 0 saturated carbocycles. The predicted molar refractivity (Wildman–Crippen MR) is 127 cm³/mol. The van der Waals surface area contributed by atoms with Gasteiger partial charge in [0.05, 0.1) is 29.0 Å². The van der Waals surface area contributed by atoms with Gasteiger partial charge in [0.25, 0.3) is 17.7 Å². The molecule has 7 nitrogen and oxygen atoms in total. The number of hydrogen-bond acceptors (Lipinski definition) is 5. The minimum absolute atomic E-state index is 0.0921. The lowest BCUT2D eigenvalue weighted by Gasteiger charge is -2.30. The first kappa shape index (κ1) is 24.0. The molecule has 1 aliphatic heterocycles. The Labute approximate surface area is 206 Å². The number of benzene rings is 2. The molecular weight excluding hydrogens is 479 g/mol. The molecule has 0 unspecified atom stereocenters. The molecule has 0 N–H and O–H groups in total. The zero-order valence-electron chi connectivity index (χ0n) is 18.5. The lowest BCUT2D eigenvalue weighted by molar-refractivity contribution is -0.154. The van der Waals surface area contributed by atoms with Crippen LogP contribution < -0.4 is 4.74 Å². The van der Waals surface area contributed by atoms with E-state index in [1.165, 1.54) is 31.4 Å². The van der Waals surface area contributed by atoms with Crippen molar-refractivity contribution in [3.63, 3.8) is 0 Å². The molecule has 3 amide bonds. The highest BCUT2D eigenvalue weighted by atomic mass is 35.5. The summed E-state index contributed by atoms with van der Waals surface area (Å²) >= 11 is 12.1. The average molecular weight is 501 g/mol. The maximum absolute atomic E-state index is 13.5. The summed E-state index contributed by atoms with van der Waals surface area (Å²) < 4.78 is 5.18. The number of allylic oxidation sites excluding steroid dienone is 2. The third kappa shape index (κ3) is 4.33. The normalized spacial score (nSPS) is 21.4. The van der Waals surface area contributed by atoms with Gasteiger partial charge in [-0.15, -0.1) is 0 Å². The Hall–Kier alpha value is -3.16. The largest absolute Gasteiger partial charge is 0.497 e. The highest BCUT2D eigenvalue weighted by Gasteiger charge is 2.53. The van der Waals surface area contributed by atoms with Crippen LogP contribution in [0.3, 0.4) is 0 Å². The standard InChI is InChI=1S/C25H22Cl2N2O5/c1-14-5-3-8-18-22(14)25(33)29(24(18)32)28(23(31)16-9-10-19(26)20(27)12-16)13-21(30)15-6-4-7-17(11-15)34-2/h3-7,9-12,14,18,22H,8,13H2,1-2H3/t14-,18-,22+/m1/s1. The van der Waals surface area contributed by atoms with Crippen molar-refractivity contribution in [2.45, 2.75) is 13.3 Å². The van der Waals surface area contributed by atoms with Crippen molar-refractivity contribution >= 4 is 46.7 Å². The molecule has 1 heterocycles. The number of ether oxygens (including phenoxy) is 1.